The van der Waals surface area contributed by atoms with E-state index < -0.39 is 4.92 Å². The number of anilines is 1. The first kappa shape index (κ1) is 13.4. The SMILES string of the molecule is NC(CCNc1ncc([N+](=O)[O-])s1)c1ccccc1. The number of benzene rings is 1. The highest BCUT2D eigenvalue weighted by atomic mass is 32.1. The van der Waals surface area contributed by atoms with Crippen molar-refractivity contribution in [1.82, 2.24) is 4.98 Å². The van der Waals surface area contributed by atoms with Gasteiger partial charge in [-0.05, 0) is 23.3 Å². The fraction of sp³-hybridized carbons (Fsp3) is 0.250. The Bertz CT molecular complexity index is 544. The summed E-state index contributed by atoms with van der Waals surface area (Å²) in [7, 11) is 0. The van der Waals surface area contributed by atoms with Crippen LogP contribution in [0.3, 0.4) is 0 Å². The van der Waals surface area contributed by atoms with Crippen LogP contribution >= 0.6 is 11.3 Å². The summed E-state index contributed by atoms with van der Waals surface area (Å²) in [4.78, 5) is 14.0. The zero-order valence-electron chi connectivity index (χ0n) is 10.2. The van der Waals surface area contributed by atoms with Crippen LogP contribution in [0.2, 0.25) is 0 Å². The van der Waals surface area contributed by atoms with Crippen LogP contribution in [0.25, 0.3) is 0 Å². The van der Waals surface area contributed by atoms with E-state index in [0.29, 0.717) is 11.7 Å². The summed E-state index contributed by atoms with van der Waals surface area (Å²) in [6, 6.07) is 9.77. The van der Waals surface area contributed by atoms with Crippen LogP contribution in [0.4, 0.5) is 10.1 Å². The lowest BCUT2D eigenvalue weighted by Gasteiger charge is -2.11. The van der Waals surface area contributed by atoms with Gasteiger partial charge < -0.3 is 11.1 Å². The van der Waals surface area contributed by atoms with Crippen molar-refractivity contribution in [3.63, 3.8) is 0 Å². The van der Waals surface area contributed by atoms with Gasteiger partial charge in [0.05, 0.1) is 4.92 Å². The van der Waals surface area contributed by atoms with Crippen molar-refractivity contribution in [1.29, 1.82) is 0 Å². The number of rotatable bonds is 6. The molecule has 1 aromatic carbocycles. The molecule has 0 amide bonds. The normalized spacial score (nSPS) is 12.1. The topological polar surface area (TPSA) is 94.1 Å². The maximum Gasteiger partial charge on any atom is 0.345 e. The Balaban J connectivity index is 1.81. The molecular weight excluding hydrogens is 264 g/mol. The van der Waals surface area contributed by atoms with Crippen molar-refractivity contribution < 1.29 is 4.92 Å². The number of nitrogens with zero attached hydrogens (tertiary/aromatic N) is 2. The second kappa shape index (κ2) is 6.26. The third-order valence-corrected chi connectivity index (χ3v) is 3.54. The summed E-state index contributed by atoms with van der Waals surface area (Å²) in [5.41, 5.74) is 7.13. The Labute approximate surface area is 114 Å². The van der Waals surface area contributed by atoms with Crippen molar-refractivity contribution in [3.8, 4) is 0 Å². The van der Waals surface area contributed by atoms with Crippen LogP contribution in [0.5, 0.6) is 0 Å². The Morgan fingerprint density at radius 3 is 2.79 bits per heavy atom. The van der Waals surface area contributed by atoms with Crippen LogP contribution in [0.1, 0.15) is 18.0 Å². The van der Waals surface area contributed by atoms with E-state index in [2.05, 4.69) is 10.3 Å². The predicted molar refractivity (Wildman–Crippen MR) is 75.2 cm³/mol. The highest BCUT2D eigenvalue weighted by Crippen LogP contribution is 2.25. The standard InChI is InChI=1S/C12H14N4O2S/c13-10(9-4-2-1-3-5-9)6-7-14-12-15-8-11(19-12)16(17)18/h1-5,8,10H,6-7,13H2,(H,14,15). The van der Waals surface area contributed by atoms with Gasteiger partial charge in [-0.1, -0.05) is 30.3 Å². The molecule has 3 N–H and O–H groups in total. The molecule has 100 valence electrons. The smallest absolute Gasteiger partial charge is 0.345 e. The lowest BCUT2D eigenvalue weighted by molar-refractivity contribution is -0.380. The quantitative estimate of drug-likeness (QED) is 0.625. The average Bonchev–Trinajstić information content (AvgIpc) is 2.89. The maximum atomic E-state index is 10.5. The molecule has 1 atom stereocenters. The molecular formula is C12H14N4O2S. The van der Waals surface area contributed by atoms with Crippen molar-refractivity contribution in [3.05, 3.63) is 52.2 Å². The summed E-state index contributed by atoms with van der Waals surface area (Å²) < 4.78 is 0. The van der Waals surface area contributed by atoms with Gasteiger partial charge in [-0.25, -0.2) is 4.98 Å². The maximum absolute atomic E-state index is 10.5. The molecule has 2 aromatic rings. The molecule has 0 radical (unpaired) electrons. The molecule has 0 saturated carbocycles. The first-order chi connectivity index (χ1) is 9.16. The van der Waals surface area contributed by atoms with E-state index in [1.54, 1.807) is 0 Å². The first-order valence-corrected chi connectivity index (χ1v) is 6.63. The second-order valence-electron chi connectivity index (χ2n) is 3.99. The molecule has 0 saturated heterocycles. The van der Waals surface area contributed by atoms with Crippen LogP contribution in [0, 0.1) is 10.1 Å². The zero-order valence-corrected chi connectivity index (χ0v) is 11.0. The molecule has 0 aliphatic carbocycles. The summed E-state index contributed by atoms with van der Waals surface area (Å²) >= 11 is 1.03. The highest BCUT2D eigenvalue weighted by molar-refractivity contribution is 7.18. The fourth-order valence-electron chi connectivity index (χ4n) is 1.63. The molecule has 19 heavy (non-hydrogen) atoms. The summed E-state index contributed by atoms with van der Waals surface area (Å²) in [6.07, 6.45) is 1.99. The monoisotopic (exact) mass is 278 g/mol. The van der Waals surface area contributed by atoms with Crippen LogP contribution in [-0.2, 0) is 0 Å². The molecule has 6 nitrogen and oxygen atoms in total. The minimum absolute atomic E-state index is 0.0369. The van der Waals surface area contributed by atoms with Crippen molar-refractivity contribution in [2.45, 2.75) is 12.5 Å². The van der Waals surface area contributed by atoms with Gasteiger partial charge in [0.15, 0.2) is 5.13 Å². The Morgan fingerprint density at radius 2 is 2.16 bits per heavy atom. The molecule has 0 fully saturated rings. The number of aromatic nitrogens is 1. The van der Waals surface area contributed by atoms with Crippen molar-refractivity contribution in [2.24, 2.45) is 5.73 Å². The van der Waals surface area contributed by atoms with E-state index in [9.17, 15) is 10.1 Å². The van der Waals surface area contributed by atoms with Gasteiger partial charge in [0.25, 0.3) is 0 Å². The van der Waals surface area contributed by atoms with Gasteiger partial charge in [0.2, 0.25) is 0 Å². The lowest BCUT2D eigenvalue weighted by atomic mass is 10.1. The Hall–Kier alpha value is -1.99. The molecule has 0 aliphatic rings. The van der Waals surface area contributed by atoms with Gasteiger partial charge >= 0.3 is 5.00 Å². The van der Waals surface area contributed by atoms with Gasteiger partial charge in [-0.2, -0.15) is 0 Å². The minimum Gasteiger partial charge on any atom is -0.361 e. The summed E-state index contributed by atoms with van der Waals surface area (Å²) in [5.74, 6) is 0. The minimum atomic E-state index is -0.446. The lowest BCUT2D eigenvalue weighted by Crippen LogP contribution is -2.15. The van der Waals surface area contributed by atoms with Crippen LogP contribution < -0.4 is 11.1 Å². The van der Waals surface area contributed by atoms with Gasteiger partial charge in [-0.15, -0.1) is 0 Å². The van der Waals surface area contributed by atoms with Gasteiger partial charge in [0, 0.05) is 12.6 Å². The first-order valence-electron chi connectivity index (χ1n) is 5.81. The largest absolute Gasteiger partial charge is 0.361 e. The summed E-state index contributed by atoms with van der Waals surface area (Å²) in [5, 5.41) is 14.1. The molecule has 0 spiro atoms. The predicted octanol–water partition coefficient (Wildman–Crippen LogP) is 2.55. The Morgan fingerprint density at radius 1 is 1.42 bits per heavy atom. The number of nitro groups is 1. The van der Waals surface area contributed by atoms with E-state index in [1.807, 2.05) is 30.3 Å². The zero-order chi connectivity index (χ0) is 13.7. The molecule has 7 heteroatoms. The molecule has 0 aliphatic heterocycles. The Kier molecular flexibility index (Phi) is 4.43. The third-order valence-electron chi connectivity index (χ3n) is 2.63. The van der Waals surface area contributed by atoms with E-state index in [-0.39, 0.29) is 11.0 Å². The number of nitrogens with two attached hydrogens (primary N) is 1. The number of thiazole rings is 1. The van der Waals surface area contributed by atoms with E-state index in [0.717, 1.165) is 23.3 Å². The van der Waals surface area contributed by atoms with Crippen molar-refractivity contribution in [2.75, 3.05) is 11.9 Å². The van der Waals surface area contributed by atoms with E-state index in [1.165, 1.54) is 6.20 Å². The van der Waals surface area contributed by atoms with E-state index >= 15 is 0 Å². The summed E-state index contributed by atoms with van der Waals surface area (Å²) in [6.45, 7) is 0.626. The van der Waals surface area contributed by atoms with Crippen molar-refractivity contribution >= 4 is 21.5 Å². The molecule has 1 unspecified atom stereocenters. The average molecular weight is 278 g/mol. The van der Waals surface area contributed by atoms with Crippen LogP contribution in [-0.4, -0.2) is 16.5 Å². The molecule has 1 aromatic heterocycles. The van der Waals surface area contributed by atoms with E-state index in [4.69, 9.17) is 5.73 Å². The number of hydrogen-bond donors (Lipinski definition) is 2. The second-order valence-corrected chi connectivity index (χ2v) is 5.00. The number of hydrogen-bond acceptors (Lipinski definition) is 6. The molecule has 2 rings (SSSR count). The fourth-order valence-corrected chi connectivity index (χ4v) is 2.29. The van der Waals surface area contributed by atoms with Crippen LogP contribution in [0.15, 0.2) is 36.5 Å². The third kappa shape index (κ3) is 3.73. The molecule has 1 heterocycles. The highest BCUT2D eigenvalue weighted by Gasteiger charge is 2.11. The molecule has 0 bridgehead atoms. The number of nitrogens with one attached hydrogen (secondary N) is 1. The van der Waals surface area contributed by atoms with Gasteiger partial charge in [0.1, 0.15) is 6.20 Å². The van der Waals surface area contributed by atoms with Gasteiger partial charge in [-0.3, -0.25) is 10.1 Å².